The van der Waals surface area contributed by atoms with Crippen LogP contribution in [0.4, 0.5) is 5.69 Å². The van der Waals surface area contributed by atoms with Crippen LogP contribution in [-0.4, -0.2) is 44.7 Å². The molecule has 1 amide bonds. The van der Waals surface area contributed by atoms with E-state index in [0.29, 0.717) is 18.1 Å². The molecule has 0 aliphatic carbocycles. The number of aromatic nitrogens is 2. The van der Waals surface area contributed by atoms with Crippen molar-refractivity contribution in [3.05, 3.63) is 83.4 Å². The van der Waals surface area contributed by atoms with Crippen LogP contribution in [0.15, 0.2) is 60.9 Å². The second-order valence-corrected chi connectivity index (χ2v) is 10.0. The number of rotatable bonds is 8. The third-order valence-electron chi connectivity index (χ3n) is 7.04. The molecule has 4 heterocycles. The molecule has 3 atom stereocenters. The van der Waals surface area contributed by atoms with Gasteiger partial charge in [0.05, 0.1) is 23.9 Å². The Morgan fingerprint density at radius 2 is 2.11 bits per heavy atom. The molecule has 36 heavy (non-hydrogen) atoms. The van der Waals surface area contributed by atoms with Gasteiger partial charge in [-0.25, -0.2) is 0 Å². The van der Waals surface area contributed by atoms with Gasteiger partial charge in [0, 0.05) is 49.9 Å². The fourth-order valence-corrected chi connectivity index (χ4v) is 5.47. The first-order valence-corrected chi connectivity index (χ1v) is 13.0. The monoisotopic (exact) mass is 503 g/mol. The Labute approximate surface area is 217 Å². The maximum Gasteiger partial charge on any atom is 0.226 e. The number of carbonyl (C=O) groups excluding carboxylic acids is 1. The zero-order chi connectivity index (χ0) is 25.1. The van der Waals surface area contributed by atoms with Gasteiger partial charge in [0.15, 0.2) is 5.11 Å². The number of hydrogen-bond acceptors (Lipinski definition) is 4. The number of hydrogen-bond donors (Lipinski definition) is 2. The highest BCUT2D eigenvalue weighted by Gasteiger charge is 2.41. The zero-order valence-electron chi connectivity index (χ0n) is 20.8. The summed E-state index contributed by atoms with van der Waals surface area (Å²) in [4.78, 5) is 19.7. The van der Waals surface area contributed by atoms with Gasteiger partial charge in [0.1, 0.15) is 0 Å². The average Bonchev–Trinajstić information content (AvgIpc) is 3.62. The van der Waals surface area contributed by atoms with Crippen LogP contribution in [0, 0.1) is 13.8 Å². The predicted octanol–water partition coefficient (Wildman–Crippen LogP) is 4.68. The van der Waals surface area contributed by atoms with Crippen LogP contribution >= 0.6 is 12.2 Å². The molecule has 1 aromatic carbocycles. The van der Waals surface area contributed by atoms with Crippen molar-refractivity contribution in [1.29, 1.82) is 0 Å². The van der Waals surface area contributed by atoms with Crippen LogP contribution in [0.3, 0.4) is 0 Å². The number of thiocarbonyl (C=S) groups is 1. The number of benzene rings is 1. The summed E-state index contributed by atoms with van der Waals surface area (Å²) in [7, 11) is 0. The van der Waals surface area contributed by atoms with E-state index >= 15 is 0 Å². The van der Waals surface area contributed by atoms with Crippen molar-refractivity contribution in [3.8, 4) is 0 Å². The minimum atomic E-state index is -0.112. The lowest BCUT2D eigenvalue weighted by Crippen LogP contribution is -2.33. The lowest BCUT2D eigenvalue weighted by molar-refractivity contribution is -0.116. The van der Waals surface area contributed by atoms with Crippen LogP contribution in [0.1, 0.15) is 53.9 Å². The average molecular weight is 504 g/mol. The minimum Gasteiger partial charge on any atom is -0.376 e. The third-order valence-corrected chi connectivity index (χ3v) is 7.39. The molecule has 2 fully saturated rings. The molecule has 0 bridgehead atoms. The fraction of sp³-hybridized carbons (Fsp3) is 0.393. The number of amides is 1. The Morgan fingerprint density at radius 1 is 1.22 bits per heavy atom. The first-order valence-electron chi connectivity index (χ1n) is 12.6. The van der Waals surface area contributed by atoms with Crippen LogP contribution in [-0.2, 0) is 16.1 Å². The highest BCUT2D eigenvalue weighted by molar-refractivity contribution is 7.80. The molecule has 7 nitrogen and oxygen atoms in total. The first kappa shape index (κ1) is 24.5. The van der Waals surface area contributed by atoms with Crippen LogP contribution < -0.4 is 10.6 Å². The van der Waals surface area contributed by atoms with E-state index in [1.165, 1.54) is 0 Å². The molecule has 0 unspecified atom stereocenters. The summed E-state index contributed by atoms with van der Waals surface area (Å²) in [5.41, 5.74) is 5.09. The fourth-order valence-electron chi connectivity index (χ4n) is 5.14. The van der Waals surface area contributed by atoms with Gasteiger partial charge >= 0.3 is 0 Å². The van der Waals surface area contributed by atoms with Gasteiger partial charge in [-0.05, 0) is 80.4 Å². The number of anilines is 1. The van der Waals surface area contributed by atoms with Crippen molar-refractivity contribution in [2.24, 2.45) is 0 Å². The number of aryl methyl sites for hydroxylation is 2. The lowest BCUT2D eigenvalue weighted by atomic mass is 10.0. The highest BCUT2D eigenvalue weighted by atomic mass is 32.1. The van der Waals surface area contributed by atoms with Crippen molar-refractivity contribution >= 4 is 28.9 Å². The van der Waals surface area contributed by atoms with Gasteiger partial charge in [-0.3, -0.25) is 9.78 Å². The Kier molecular flexibility index (Phi) is 7.34. The molecule has 3 aromatic rings. The topological polar surface area (TPSA) is 71.4 Å². The summed E-state index contributed by atoms with van der Waals surface area (Å²) >= 11 is 5.80. The van der Waals surface area contributed by atoms with Gasteiger partial charge in [-0.1, -0.05) is 18.2 Å². The second-order valence-electron chi connectivity index (χ2n) is 9.66. The summed E-state index contributed by atoms with van der Waals surface area (Å²) in [6.07, 6.45) is 6.65. The van der Waals surface area contributed by atoms with Gasteiger partial charge in [0.25, 0.3) is 0 Å². The Bertz CT molecular complexity index is 1220. The van der Waals surface area contributed by atoms with Crippen LogP contribution in [0.5, 0.6) is 0 Å². The van der Waals surface area contributed by atoms with Crippen LogP contribution in [0.25, 0.3) is 0 Å². The number of ether oxygens (including phenoxy) is 1. The van der Waals surface area contributed by atoms with E-state index in [1.807, 2.05) is 56.4 Å². The predicted molar refractivity (Wildman–Crippen MR) is 145 cm³/mol. The minimum absolute atomic E-state index is 0.0266. The molecule has 5 rings (SSSR count). The molecule has 2 aliphatic rings. The summed E-state index contributed by atoms with van der Waals surface area (Å²) in [5, 5.41) is 7.21. The molecule has 0 radical (unpaired) electrons. The zero-order valence-corrected chi connectivity index (χ0v) is 21.6. The van der Waals surface area contributed by atoms with Crippen molar-refractivity contribution < 1.29 is 9.53 Å². The molecule has 188 valence electrons. The maximum atomic E-state index is 12.9. The summed E-state index contributed by atoms with van der Waals surface area (Å²) in [6.45, 7) is 6.17. The smallest absolute Gasteiger partial charge is 0.226 e. The number of carbonyl (C=O) groups is 1. The Hall–Kier alpha value is -3.23. The molecular weight excluding hydrogens is 470 g/mol. The highest BCUT2D eigenvalue weighted by Crippen LogP contribution is 2.39. The maximum absolute atomic E-state index is 12.9. The Balaban J connectivity index is 1.37. The van der Waals surface area contributed by atoms with Gasteiger partial charge < -0.3 is 24.8 Å². The quantitative estimate of drug-likeness (QED) is 0.435. The summed E-state index contributed by atoms with van der Waals surface area (Å²) in [5.74, 6) is -0.0266. The second kappa shape index (κ2) is 10.8. The van der Waals surface area contributed by atoms with Gasteiger partial charge in [0.2, 0.25) is 5.91 Å². The molecule has 8 heteroatoms. The van der Waals surface area contributed by atoms with E-state index in [2.05, 4.69) is 43.4 Å². The molecular formula is C28H33N5O2S. The third kappa shape index (κ3) is 5.29. The van der Waals surface area contributed by atoms with E-state index in [0.717, 1.165) is 54.2 Å². The molecule has 2 aliphatic heterocycles. The molecule has 2 N–H and O–H groups in total. The summed E-state index contributed by atoms with van der Waals surface area (Å²) < 4.78 is 8.19. The van der Waals surface area contributed by atoms with E-state index in [-0.39, 0.29) is 24.1 Å². The molecule has 2 saturated heterocycles. The SMILES string of the molecule is Cc1ccc(C)c(NC(=O)CCN2C(=S)N[C@H](c3ccccn3)[C@@H]2c2cccn2C[C@@H]2CCCO2)c1. The van der Waals surface area contributed by atoms with Crippen molar-refractivity contribution in [2.45, 2.75) is 57.8 Å². The molecule has 2 aromatic heterocycles. The van der Waals surface area contributed by atoms with Crippen molar-refractivity contribution in [3.63, 3.8) is 0 Å². The van der Waals surface area contributed by atoms with Crippen molar-refractivity contribution in [2.75, 3.05) is 18.5 Å². The molecule has 0 spiro atoms. The van der Waals surface area contributed by atoms with E-state index in [9.17, 15) is 4.79 Å². The van der Waals surface area contributed by atoms with E-state index in [4.69, 9.17) is 17.0 Å². The molecule has 0 saturated carbocycles. The van der Waals surface area contributed by atoms with Gasteiger partial charge in [-0.2, -0.15) is 0 Å². The standard InChI is InChI=1S/C28H33N5O2S/c1-19-10-11-20(2)23(17-19)30-25(34)12-15-33-27(26(31-28(33)36)22-8-3-4-13-29-22)24-9-5-14-32(24)18-21-7-6-16-35-21/h3-5,8-11,13-14,17,21,26-27H,6-7,12,15-16,18H2,1-2H3,(H,30,34)(H,31,36)/t21-,26+,27-/m0/s1. The van der Waals surface area contributed by atoms with Crippen molar-refractivity contribution in [1.82, 2.24) is 19.8 Å². The summed E-state index contributed by atoms with van der Waals surface area (Å²) in [6, 6.07) is 16.0. The van der Waals surface area contributed by atoms with Gasteiger partial charge in [-0.15, -0.1) is 0 Å². The normalized spacial score (nSPS) is 21.6. The number of nitrogens with one attached hydrogen (secondary N) is 2. The van der Waals surface area contributed by atoms with Crippen LogP contribution in [0.2, 0.25) is 0 Å². The lowest BCUT2D eigenvalue weighted by Gasteiger charge is -2.29. The largest absolute Gasteiger partial charge is 0.376 e. The van der Waals surface area contributed by atoms with E-state index < -0.39 is 0 Å². The number of pyridine rings is 1. The first-order chi connectivity index (χ1) is 17.5. The van der Waals surface area contributed by atoms with E-state index in [1.54, 1.807) is 0 Å². The number of nitrogens with zero attached hydrogens (tertiary/aromatic N) is 3. The Morgan fingerprint density at radius 3 is 2.89 bits per heavy atom.